The van der Waals surface area contributed by atoms with E-state index in [9.17, 15) is 4.79 Å². The summed E-state index contributed by atoms with van der Waals surface area (Å²) in [6.45, 7) is 0. The minimum absolute atomic E-state index is 0.256. The first-order chi connectivity index (χ1) is 9.65. The van der Waals surface area contributed by atoms with Crippen molar-refractivity contribution in [3.05, 3.63) is 65.2 Å². The summed E-state index contributed by atoms with van der Waals surface area (Å²) in [4.78, 5) is 11.9. The van der Waals surface area contributed by atoms with Gasteiger partial charge in [0, 0.05) is 0 Å². The van der Waals surface area contributed by atoms with E-state index in [4.69, 9.17) is 11.6 Å². The maximum absolute atomic E-state index is 11.9. The molecule has 2 aromatic rings. The van der Waals surface area contributed by atoms with Crippen molar-refractivity contribution >= 4 is 43.9 Å². The van der Waals surface area contributed by atoms with Crippen molar-refractivity contribution in [1.29, 1.82) is 0 Å². The third-order valence-corrected chi connectivity index (χ3v) is 3.04. The summed E-state index contributed by atoms with van der Waals surface area (Å²) < 4.78 is 0.355. The zero-order chi connectivity index (χ0) is 14.4. The number of nitrogens with one attached hydrogen (secondary N) is 2. The molecule has 0 aliphatic heterocycles. The molecule has 101 valence electrons. The van der Waals surface area contributed by atoms with Gasteiger partial charge in [0.1, 0.15) is 0 Å². The van der Waals surface area contributed by atoms with Crippen molar-refractivity contribution in [2.45, 2.75) is 0 Å². The normalized spacial score (nSPS) is 10.9. The van der Waals surface area contributed by atoms with Crippen LogP contribution in [0.1, 0.15) is 10.4 Å². The molecule has 0 spiro atoms. The van der Waals surface area contributed by atoms with Crippen molar-refractivity contribution in [2.75, 3.05) is 5.43 Å². The van der Waals surface area contributed by atoms with Crippen LogP contribution in [0.2, 0.25) is 5.02 Å². The van der Waals surface area contributed by atoms with Crippen molar-refractivity contribution < 1.29 is 4.79 Å². The van der Waals surface area contributed by atoms with E-state index >= 15 is 0 Å². The Balaban J connectivity index is 1.95. The van der Waals surface area contributed by atoms with E-state index in [-0.39, 0.29) is 5.91 Å². The molecule has 20 heavy (non-hydrogen) atoms. The molecule has 0 heterocycles. The standard InChI is InChI=1S/C14H11ClN3OSe/c15-11-8-6-10(7-9-11)13(19)16-14(20)18-17-12-4-2-1-3-5-12/h1-9,17H,(H,16,18,19). The van der Waals surface area contributed by atoms with Gasteiger partial charge in [-0.3, -0.25) is 0 Å². The van der Waals surface area contributed by atoms with Crippen LogP contribution in [0.15, 0.2) is 59.7 Å². The van der Waals surface area contributed by atoms with Gasteiger partial charge in [-0.1, -0.05) is 0 Å². The Morgan fingerprint density at radius 1 is 1.05 bits per heavy atom. The maximum atomic E-state index is 11.9. The van der Waals surface area contributed by atoms with Crippen LogP contribution in [0.4, 0.5) is 5.69 Å². The van der Waals surface area contributed by atoms with Gasteiger partial charge in [-0.25, -0.2) is 0 Å². The minimum atomic E-state index is -0.256. The van der Waals surface area contributed by atoms with Gasteiger partial charge in [-0.2, -0.15) is 0 Å². The van der Waals surface area contributed by atoms with Crippen molar-refractivity contribution in [3.8, 4) is 0 Å². The third-order valence-electron chi connectivity index (χ3n) is 2.39. The molecule has 0 aliphatic carbocycles. The number of amides is 1. The van der Waals surface area contributed by atoms with E-state index in [1.807, 2.05) is 30.3 Å². The molecule has 2 rings (SSSR count). The van der Waals surface area contributed by atoms with Gasteiger partial charge < -0.3 is 0 Å². The number of benzene rings is 2. The van der Waals surface area contributed by atoms with E-state index in [1.54, 1.807) is 24.3 Å². The molecule has 0 fully saturated rings. The van der Waals surface area contributed by atoms with Crippen LogP contribution >= 0.6 is 11.6 Å². The molecule has 0 saturated carbocycles. The van der Waals surface area contributed by atoms with Crippen LogP contribution < -0.4 is 10.7 Å². The molecule has 2 aromatic carbocycles. The molecular weight excluding hydrogens is 341 g/mol. The Morgan fingerprint density at radius 2 is 1.70 bits per heavy atom. The van der Waals surface area contributed by atoms with E-state index in [0.29, 0.717) is 15.3 Å². The van der Waals surface area contributed by atoms with E-state index in [2.05, 4.69) is 31.9 Å². The first kappa shape index (κ1) is 14.6. The molecule has 4 nitrogen and oxygen atoms in total. The Kier molecular flexibility index (Phi) is 5.18. The number of hydrogen-bond acceptors (Lipinski definition) is 3. The zero-order valence-corrected chi connectivity index (χ0v) is 12.8. The number of amidine groups is 1. The van der Waals surface area contributed by atoms with Gasteiger partial charge in [0.15, 0.2) is 0 Å². The van der Waals surface area contributed by atoms with Gasteiger partial charge >= 0.3 is 130 Å². The van der Waals surface area contributed by atoms with Crippen LogP contribution in [0.25, 0.3) is 0 Å². The van der Waals surface area contributed by atoms with Crippen molar-refractivity contribution in [2.24, 2.45) is 5.10 Å². The number of rotatable bonds is 3. The molecule has 0 saturated heterocycles. The number of halogens is 1. The monoisotopic (exact) mass is 352 g/mol. The fourth-order valence-electron chi connectivity index (χ4n) is 1.43. The van der Waals surface area contributed by atoms with E-state index in [1.165, 1.54) is 0 Å². The molecule has 6 heteroatoms. The second-order valence-electron chi connectivity index (χ2n) is 3.86. The average molecular weight is 352 g/mol. The molecule has 1 radical (unpaired) electrons. The topological polar surface area (TPSA) is 53.5 Å². The summed E-state index contributed by atoms with van der Waals surface area (Å²) >= 11 is 8.46. The predicted octanol–water partition coefficient (Wildman–Crippen LogP) is 2.62. The zero-order valence-electron chi connectivity index (χ0n) is 10.3. The molecule has 0 unspecified atom stereocenters. The number of para-hydroxylation sites is 1. The van der Waals surface area contributed by atoms with Crippen LogP contribution in [0.3, 0.4) is 0 Å². The van der Waals surface area contributed by atoms with Crippen molar-refractivity contribution in [1.82, 2.24) is 5.32 Å². The number of hydrogen-bond donors (Lipinski definition) is 2. The van der Waals surface area contributed by atoms with Crippen molar-refractivity contribution in [3.63, 3.8) is 0 Å². The second-order valence-corrected chi connectivity index (χ2v) is 5.10. The SMILES string of the molecule is O=C(N/C([Se])=N/Nc1ccccc1)c1ccc(Cl)cc1. The first-order valence-corrected chi connectivity index (χ1v) is 7.01. The van der Waals surface area contributed by atoms with Gasteiger partial charge in [-0.15, -0.1) is 0 Å². The number of hydrazone groups is 1. The summed E-state index contributed by atoms with van der Waals surface area (Å²) in [6, 6.07) is 16.1. The fourth-order valence-corrected chi connectivity index (χ4v) is 1.84. The quantitative estimate of drug-likeness (QED) is 0.386. The molecule has 0 bridgehead atoms. The van der Waals surface area contributed by atoms with Gasteiger partial charge in [-0.05, 0) is 0 Å². The number of carbonyl (C=O) groups excluding carboxylic acids is 1. The van der Waals surface area contributed by atoms with Crippen LogP contribution in [0, 0.1) is 0 Å². The molecule has 1 amide bonds. The Hall–Kier alpha value is -1.81. The Morgan fingerprint density at radius 3 is 2.35 bits per heavy atom. The average Bonchev–Trinajstić information content (AvgIpc) is 2.47. The first-order valence-electron chi connectivity index (χ1n) is 5.78. The number of anilines is 1. The van der Waals surface area contributed by atoms with Crippen LogP contribution in [0.5, 0.6) is 0 Å². The van der Waals surface area contributed by atoms with Crippen LogP contribution in [-0.4, -0.2) is 26.7 Å². The fraction of sp³-hybridized carbons (Fsp3) is 0. The molecule has 0 aliphatic rings. The van der Waals surface area contributed by atoms with Gasteiger partial charge in [0.05, 0.1) is 0 Å². The summed E-state index contributed by atoms with van der Waals surface area (Å²) in [7, 11) is 0. The number of nitrogens with zero attached hydrogens (tertiary/aromatic N) is 1. The van der Waals surface area contributed by atoms with E-state index < -0.39 is 0 Å². The molecule has 0 atom stereocenters. The predicted molar refractivity (Wildman–Crippen MR) is 82.2 cm³/mol. The Labute approximate surface area is 130 Å². The third kappa shape index (κ3) is 4.38. The summed E-state index contributed by atoms with van der Waals surface area (Å²) in [5.41, 5.74) is 4.18. The summed E-state index contributed by atoms with van der Waals surface area (Å²) in [5, 5.41) is 7.25. The number of carbonyl (C=O) groups is 1. The Bertz CT molecular complexity index is 614. The molecule has 2 N–H and O–H groups in total. The molecule has 0 aromatic heterocycles. The van der Waals surface area contributed by atoms with Crippen LogP contribution in [-0.2, 0) is 0 Å². The summed E-state index contributed by atoms with van der Waals surface area (Å²) in [5.74, 6) is -0.256. The second kappa shape index (κ2) is 7.10. The van der Waals surface area contributed by atoms with E-state index in [0.717, 1.165) is 5.69 Å². The summed E-state index contributed by atoms with van der Waals surface area (Å²) in [6.07, 6.45) is 0. The van der Waals surface area contributed by atoms with Gasteiger partial charge in [0.2, 0.25) is 0 Å². The molecular formula is C14H11ClN3OSe. The van der Waals surface area contributed by atoms with Gasteiger partial charge in [0.25, 0.3) is 0 Å².